The molecule has 0 aromatic rings. The van der Waals surface area contributed by atoms with Crippen molar-refractivity contribution in [2.45, 2.75) is 25.8 Å². The SMILES string of the molecule is CC(C(=O)O)C1CN(C(=O)N2CCCC2CN(C)C)C1. The third-order valence-corrected chi connectivity index (χ3v) is 4.48. The highest BCUT2D eigenvalue weighted by molar-refractivity contribution is 5.77. The minimum Gasteiger partial charge on any atom is -0.481 e. The van der Waals surface area contributed by atoms with Crippen LogP contribution in [0.15, 0.2) is 0 Å². The van der Waals surface area contributed by atoms with Crippen molar-refractivity contribution in [3.8, 4) is 0 Å². The van der Waals surface area contributed by atoms with Gasteiger partial charge in [-0.25, -0.2) is 4.79 Å². The van der Waals surface area contributed by atoms with Gasteiger partial charge >= 0.3 is 12.0 Å². The fourth-order valence-electron chi connectivity index (χ4n) is 3.07. The predicted octanol–water partition coefficient (Wildman–Crippen LogP) is 0.785. The number of urea groups is 1. The van der Waals surface area contributed by atoms with Crippen LogP contribution in [0.1, 0.15) is 19.8 Å². The minimum absolute atomic E-state index is 0.0863. The maximum atomic E-state index is 12.4. The van der Waals surface area contributed by atoms with Crippen molar-refractivity contribution in [2.75, 3.05) is 40.3 Å². The van der Waals surface area contributed by atoms with Gasteiger partial charge in [-0.1, -0.05) is 6.92 Å². The summed E-state index contributed by atoms with van der Waals surface area (Å²) in [5, 5.41) is 8.98. The number of nitrogens with zero attached hydrogens (tertiary/aromatic N) is 3. The van der Waals surface area contributed by atoms with Crippen molar-refractivity contribution in [1.82, 2.24) is 14.7 Å². The lowest BCUT2D eigenvalue weighted by Crippen LogP contribution is -2.58. The first-order valence-corrected chi connectivity index (χ1v) is 7.33. The molecule has 1 N–H and O–H groups in total. The number of hydrogen-bond donors (Lipinski definition) is 1. The van der Waals surface area contributed by atoms with Crippen LogP contribution in [0.4, 0.5) is 4.79 Å². The van der Waals surface area contributed by atoms with E-state index in [2.05, 4.69) is 4.90 Å². The number of hydrogen-bond acceptors (Lipinski definition) is 3. The highest BCUT2D eigenvalue weighted by atomic mass is 16.4. The summed E-state index contributed by atoms with van der Waals surface area (Å²) in [6.45, 7) is 4.61. The molecule has 2 saturated heterocycles. The standard InChI is InChI=1S/C14H25N3O3/c1-10(13(18)19)11-7-16(8-11)14(20)17-6-4-5-12(17)9-15(2)3/h10-12H,4-9H2,1-3H3,(H,18,19). The highest BCUT2D eigenvalue weighted by Gasteiger charge is 2.41. The van der Waals surface area contributed by atoms with Gasteiger partial charge in [-0.15, -0.1) is 0 Å². The fraction of sp³-hybridized carbons (Fsp3) is 0.857. The molecule has 0 aliphatic carbocycles. The number of amides is 2. The molecule has 0 aromatic heterocycles. The van der Waals surface area contributed by atoms with Gasteiger partial charge in [0.1, 0.15) is 0 Å². The zero-order chi connectivity index (χ0) is 14.9. The van der Waals surface area contributed by atoms with Gasteiger partial charge in [0.15, 0.2) is 0 Å². The molecule has 6 heteroatoms. The summed E-state index contributed by atoms with van der Waals surface area (Å²) in [6, 6.07) is 0.386. The lowest BCUT2D eigenvalue weighted by atomic mass is 9.87. The molecule has 0 bridgehead atoms. The summed E-state index contributed by atoms with van der Waals surface area (Å²) < 4.78 is 0. The fourth-order valence-corrected chi connectivity index (χ4v) is 3.07. The Balaban J connectivity index is 1.85. The van der Waals surface area contributed by atoms with Crippen LogP contribution in [0.2, 0.25) is 0 Å². The first kappa shape index (κ1) is 15.1. The van der Waals surface area contributed by atoms with Gasteiger partial charge in [0, 0.05) is 38.1 Å². The van der Waals surface area contributed by atoms with E-state index in [4.69, 9.17) is 5.11 Å². The molecule has 2 aliphatic rings. The minimum atomic E-state index is -0.770. The second-order valence-electron chi connectivity index (χ2n) is 6.33. The molecule has 2 fully saturated rings. The molecule has 0 saturated carbocycles. The number of likely N-dealkylation sites (tertiary alicyclic amines) is 2. The Morgan fingerprint density at radius 2 is 2.00 bits per heavy atom. The number of carboxylic acid groups (broad SMARTS) is 1. The van der Waals surface area contributed by atoms with Crippen LogP contribution >= 0.6 is 0 Å². The number of likely N-dealkylation sites (N-methyl/N-ethyl adjacent to an activating group) is 1. The van der Waals surface area contributed by atoms with Crippen molar-refractivity contribution in [3.05, 3.63) is 0 Å². The maximum Gasteiger partial charge on any atom is 0.320 e. The third kappa shape index (κ3) is 3.06. The van der Waals surface area contributed by atoms with Gasteiger partial charge in [-0.05, 0) is 26.9 Å². The van der Waals surface area contributed by atoms with Crippen molar-refractivity contribution in [2.24, 2.45) is 11.8 Å². The summed E-state index contributed by atoms with van der Waals surface area (Å²) in [6.07, 6.45) is 2.12. The highest BCUT2D eigenvalue weighted by Crippen LogP contribution is 2.27. The topological polar surface area (TPSA) is 64.1 Å². The number of aliphatic carboxylic acids is 1. The molecule has 2 aliphatic heterocycles. The van der Waals surface area contributed by atoms with Crippen LogP contribution in [0.25, 0.3) is 0 Å². The Morgan fingerprint density at radius 1 is 1.35 bits per heavy atom. The summed E-state index contributed by atoms with van der Waals surface area (Å²) in [7, 11) is 4.05. The van der Waals surface area contributed by atoms with E-state index in [1.54, 1.807) is 11.8 Å². The van der Waals surface area contributed by atoms with E-state index in [1.165, 1.54) is 0 Å². The molecule has 114 valence electrons. The quantitative estimate of drug-likeness (QED) is 0.828. The smallest absolute Gasteiger partial charge is 0.320 e. The Kier molecular flexibility index (Phi) is 4.52. The second kappa shape index (κ2) is 5.99. The van der Waals surface area contributed by atoms with E-state index in [0.717, 1.165) is 25.9 Å². The molecule has 0 spiro atoms. The number of rotatable bonds is 4. The maximum absolute atomic E-state index is 12.4. The Hall–Kier alpha value is -1.30. The second-order valence-corrected chi connectivity index (χ2v) is 6.33. The van der Waals surface area contributed by atoms with E-state index in [0.29, 0.717) is 19.1 Å². The van der Waals surface area contributed by atoms with Crippen molar-refractivity contribution >= 4 is 12.0 Å². The molecule has 0 radical (unpaired) electrons. The van der Waals surface area contributed by atoms with Crippen LogP contribution in [0.5, 0.6) is 0 Å². The zero-order valence-electron chi connectivity index (χ0n) is 12.6. The van der Waals surface area contributed by atoms with Crippen LogP contribution in [0.3, 0.4) is 0 Å². The van der Waals surface area contributed by atoms with Crippen molar-refractivity contribution in [1.29, 1.82) is 0 Å². The molecular formula is C14H25N3O3. The molecule has 6 nitrogen and oxygen atoms in total. The molecular weight excluding hydrogens is 258 g/mol. The average molecular weight is 283 g/mol. The van der Waals surface area contributed by atoms with Crippen LogP contribution in [-0.4, -0.2) is 78.1 Å². The first-order chi connectivity index (χ1) is 9.40. The lowest BCUT2D eigenvalue weighted by Gasteiger charge is -2.44. The summed E-state index contributed by atoms with van der Waals surface area (Å²) in [5.74, 6) is -1.03. The Bertz CT molecular complexity index is 380. The molecule has 2 heterocycles. The number of carbonyl (C=O) groups is 2. The summed E-state index contributed by atoms with van der Waals surface area (Å²) >= 11 is 0. The number of carboxylic acids is 1. The normalized spacial score (nSPS) is 24.9. The number of carbonyl (C=O) groups excluding carboxylic acids is 1. The van der Waals surface area contributed by atoms with Crippen LogP contribution in [-0.2, 0) is 4.79 Å². The third-order valence-electron chi connectivity index (χ3n) is 4.48. The van der Waals surface area contributed by atoms with E-state index >= 15 is 0 Å². The van der Waals surface area contributed by atoms with E-state index in [-0.39, 0.29) is 17.9 Å². The Labute approximate surface area is 120 Å². The Morgan fingerprint density at radius 3 is 2.55 bits per heavy atom. The largest absolute Gasteiger partial charge is 0.481 e. The summed E-state index contributed by atoms with van der Waals surface area (Å²) in [5.41, 5.74) is 0. The van der Waals surface area contributed by atoms with E-state index < -0.39 is 5.97 Å². The van der Waals surface area contributed by atoms with Crippen LogP contribution < -0.4 is 0 Å². The van der Waals surface area contributed by atoms with Crippen LogP contribution in [0, 0.1) is 11.8 Å². The van der Waals surface area contributed by atoms with Crippen molar-refractivity contribution in [3.63, 3.8) is 0 Å². The van der Waals surface area contributed by atoms with Gasteiger partial charge in [0.05, 0.1) is 5.92 Å². The van der Waals surface area contributed by atoms with E-state index in [9.17, 15) is 9.59 Å². The van der Waals surface area contributed by atoms with Gasteiger partial charge in [-0.3, -0.25) is 4.79 Å². The van der Waals surface area contributed by atoms with E-state index in [1.807, 2.05) is 19.0 Å². The monoisotopic (exact) mass is 283 g/mol. The first-order valence-electron chi connectivity index (χ1n) is 7.33. The van der Waals surface area contributed by atoms with Gasteiger partial charge in [0.2, 0.25) is 0 Å². The molecule has 2 amide bonds. The molecule has 2 atom stereocenters. The lowest BCUT2D eigenvalue weighted by molar-refractivity contribution is -0.144. The van der Waals surface area contributed by atoms with Gasteiger partial charge < -0.3 is 19.8 Å². The average Bonchev–Trinajstić information content (AvgIpc) is 2.73. The van der Waals surface area contributed by atoms with Gasteiger partial charge in [0.25, 0.3) is 0 Å². The molecule has 0 aromatic carbocycles. The molecule has 2 unspecified atom stereocenters. The predicted molar refractivity (Wildman–Crippen MR) is 75.5 cm³/mol. The molecule has 2 rings (SSSR count). The van der Waals surface area contributed by atoms with Gasteiger partial charge in [-0.2, -0.15) is 0 Å². The van der Waals surface area contributed by atoms with Crippen molar-refractivity contribution < 1.29 is 14.7 Å². The zero-order valence-corrected chi connectivity index (χ0v) is 12.6. The summed E-state index contributed by atoms with van der Waals surface area (Å²) in [4.78, 5) is 29.2. The molecule has 20 heavy (non-hydrogen) atoms.